The normalized spacial score (nSPS) is 22.6. The molecule has 2 amide bonds. The number of halogens is 3. The van der Waals surface area contributed by atoms with Gasteiger partial charge in [0.1, 0.15) is 11.9 Å². The minimum atomic E-state index is -4.31. The van der Waals surface area contributed by atoms with Crippen molar-refractivity contribution in [3.05, 3.63) is 29.8 Å². The Balaban J connectivity index is 1.83. The molecule has 2 N–H and O–H groups in total. The van der Waals surface area contributed by atoms with Crippen molar-refractivity contribution in [1.29, 1.82) is 0 Å². The van der Waals surface area contributed by atoms with Crippen molar-refractivity contribution in [2.75, 3.05) is 0 Å². The van der Waals surface area contributed by atoms with Crippen LogP contribution >= 0.6 is 11.8 Å². The number of benzene rings is 1. The van der Waals surface area contributed by atoms with Gasteiger partial charge in [-0.3, -0.25) is 0 Å². The van der Waals surface area contributed by atoms with Gasteiger partial charge in [-0.05, 0) is 42.3 Å². The fraction of sp³-hybridized carbons (Fsp3) is 0.385. The van der Waals surface area contributed by atoms with Crippen LogP contribution in [0, 0.1) is 0 Å². The van der Waals surface area contributed by atoms with Crippen LogP contribution in [0.2, 0.25) is 0 Å². The minimum Gasteiger partial charge on any atom is -0.385 e. The number of carbonyl (C=O) groups is 1. The zero-order valence-corrected chi connectivity index (χ0v) is 11.6. The summed E-state index contributed by atoms with van der Waals surface area (Å²) in [5, 5.41) is 0. The molecule has 2 aliphatic rings. The second-order valence-corrected chi connectivity index (χ2v) is 6.12. The van der Waals surface area contributed by atoms with E-state index < -0.39 is 11.6 Å². The lowest BCUT2D eigenvalue weighted by atomic mass is 10.1. The Morgan fingerprint density at radius 1 is 1.24 bits per heavy atom. The second-order valence-electron chi connectivity index (χ2n) is 4.98. The number of hydrogen-bond acceptors (Lipinski definition) is 3. The van der Waals surface area contributed by atoms with E-state index in [0.29, 0.717) is 5.56 Å². The first-order chi connectivity index (χ1) is 9.85. The number of amidine groups is 1. The molecule has 1 aliphatic heterocycles. The van der Waals surface area contributed by atoms with Crippen LogP contribution in [0.25, 0.3) is 0 Å². The van der Waals surface area contributed by atoms with Crippen LogP contribution in [0.1, 0.15) is 24.4 Å². The monoisotopic (exact) mass is 315 g/mol. The summed E-state index contributed by atoms with van der Waals surface area (Å²) in [7, 11) is 0. The molecule has 1 fully saturated rings. The van der Waals surface area contributed by atoms with Crippen molar-refractivity contribution >= 4 is 23.6 Å². The maximum Gasteiger partial charge on any atom is 0.446 e. The summed E-state index contributed by atoms with van der Waals surface area (Å²) < 4.78 is 36.9. The molecule has 112 valence electrons. The van der Waals surface area contributed by atoms with Crippen molar-refractivity contribution in [2.45, 2.75) is 35.3 Å². The van der Waals surface area contributed by atoms with Crippen molar-refractivity contribution in [2.24, 2.45) is 10.7 Å². The third-order valence-corrected chi connectivity index (χ3v) is 4.11. The molecule has 1 saturated carbocycles. The number of aliphatic imine (C=N–C) groups is 1. The third kappa shape index (κ3) is 2.99. The molecule has 3 rings (SSSR count). The number of nitrogens with two attached hydrogens (primary N) is 1. The smallest absolute Gasteiger partial charge is 0.385 e. The Labute approximate surface area is 123 Å². The van der Waals surface area contributed by atoms with E-state index in [0.717, 1.165) is 12.8 Å². The third-order valence-electron chi connectivity index (χ3n) is 3.37. The van der Waals surface area contributed by atoms with E-state index in [4.69, 9.17) is 5.73 Å². The molecule has 0 radical (unpaired) electrons. The average Bonchev–Trinajstić information content (AvgIpc) is 3.15. The van der Waals surface area contributed by atoms with Gasteiger partial charge in [0.05, 0.1) is 0 Å². The van der Waals surface area contributed by atoms with Gasteiger partial charge >= 0.3 is 11.5 Å². The topological polar surface area (TPSA) is 58.7 Å². The van der Waals surface area contributed by atoms with E-state index in [9.17, 15) is 18.0 Å². The molecule has 4 nitrogen and oxygen atoms in total. The van der Waals surface area contributed by atoms with Gasteiger partial charge in [-0.1, -0.05) is 12.1 Å². The van der Waals surface area contributed by atoms with Gasteiger partial charge in [-0.2, -0.15) is 18.2 Å². The molecule has 0 bridgehead atoms. The summed E-state index contributed by atoms with van der Waals surface area (Å²) in [6.07, 6.45) is 1.82. The first kappa shape index (κ1) is 14.2. The first-order valence-corrected chi connectivity index (χ1v) is 7.19. The molecule has 0 saturated heterocycles. The van der Waals surface area contributed by atoms with E-state index in [1.165, 1.54) is 12.1 Å². The number of urea groups is 1. The molecule has 0 spiro atoms. The summed E-state index contributed by atoms with van der Waals surface area (Å²) in [6, 6.07) is 5.20. The van der Waals surface area contributed by atoms with E-state index in [1.54, 1.807) is 17.0 Å². The first-order valence-electron chi connectivity index (χ1n) is 6.37. The lowest BCUT2D eigenvalue weighted by molar-refractivity contribution is -0.0328. The fourth-order valence-corrected chi connectivity index (χ4v) is 2.92. The summed E-state index contributed by atoms with van der Waals surface area (Å²) in [4.78, 5) is 17.3. The molecular weight excluding hydrogens is 303 g/mol. The summed E-state index contributed by atoms with van der Waals surface area (Å²) in [5.74, 6) is 0.197. The maximum atomic E-state index is 12.3. The van der Waals surface area contributed by atoms with Crippen LogP contribution in [0.5, 0.6) is 0 Å². The molecule has 1 aromatic rings. The Hall–Kier alpha value is -1.70. The SMILES string of the molecule is NC1=NC(=O)N(C2CC2)C1c1ccc(SC(F)(F)F)cc1. The van der Waals surface area contributed by atoms with Gasteiger partial charge in [-0.25, -0.2) is 4.79 Å². The predicted molar refractivity (Wildman–Crippen MR) is 73.0 cm³/mol. The summed E-state index contributed by atoms with van der Waals surface area (Å²) in [6.45, 7) is 0. The van der Waals surface area contributed by atoms with Crippen LogP contribution in [-0.2, 0) is 0 Å². The molecule has 1 unspecified atom stereocenters. The Morgan fingerprint density at radius 3 is 2.38 bits per heavy atom. The number of rotatable bonds is 3. The standard InChI is InChI=1S/C13H12F3N3OS/c14-13(15,16)21-9-5-1-7(2-6-9)10-11(17)18-12(20)19(10)8-3-4-8/h1-2,5-6,8,10H,3-4H2,(H2,17,18,20). The highest BCUT2D eigenvalue weighted by Gasteiger charge is 2.43. The van der Waals surface area contributed by atoms with Gasteiger partial charge in [0.2, 0.25) is 0 Å². The van der Waals surface area contributed by atoms with Crippen molar-refractivity contribution < 1.29 is 18.0 Å². The lowest BCUT2D eigenvalue weighted by Gasteiger charge is -2.24. The highest BCUT2D eigenvalue weighted by molar-refractivity contribution is 8.00. The van der Waals surface area contributed by atoms with Crippen molar-refractivity contribution in [3.63, 3.8) is 0 Å². The number of thioether (sulfide) groups is 1. The zero-order chi connectivity index (χ0) is 15.2. The van der Waals surface area contributed by atoms with E-state index in [-0.39, 0.29) is 34.6 Å². The van der Waals surface area contributed by atoms with Crippen LogP contribution in [0.3, 0.4) is 0 Å². The van der Waals surface area contributed by atoms with E-state index in [1.807, 2.05) is 0 Å². The number of hydrogen-bond donors (Lipinski definition) is 1. The van der Waals surface area contributed by atoms with Crippen LogP contribution in [-0.4, -0.2) is 28.3 Å². The molecule has 1 atom stereocenters. The van der Waals surface area contributed by atoms with E-state index in [2.05, 4.69) is 4.99 Å². The van der Waals surface area contributed by atoms with Crippen LogP contribution in [0.15, 0.2) is 34.2 Å². The van der Waals surface area contributed by atoms with Gasteiger partial charge in [0.25, 0.3) is 0 Å². The summed E-state index contributed by atoms with van der Waals surface area (Å²) in [5.41, 5.74) is 2.17. The average molecular weight is 315 g/mol. The molecule has 1 aromatic carbocycles. The number of carbonyl (C=O) groups excluding carboxylic acids is 1. The lowest BCUT2D eigenvalue weighted by Crippen LogP contribution is -2.34. The second kappa shape index (κ2) is 4.94. The van der Waals surface area contributed by atoms with Crippen LogP contribution < -0.4 is 5.73 Å². The quantitative estimate of drug-likeness (QED) is 0.871. The van der Waals surface area contributed by atoms with Crippen molar-refractivity contribution in [1.82, 2.24) is 4.90 Å². The maximum absolute atomic E-state index is 12.3. The number of nitrogens with zero attached hydrogens (tertiary/aromatic N) is 2. The number of amides is 2. The van der Waals surface area contributed by atoms with Gasteiger partial charge < -0.3 is 10.6 Å². The van der Waals surface area contributed by atoms with Crippen molar-refractivity contribution in [3.8, 4) is 0 Å². The Kier molecular flexibility index (Phi) is 3.35. The minimum absolute atomic E-state index is 0.101. The molecule has 1 heterocycles. The molecule has 8 heteroatoms. The Morgan fingerprint density at radius 2 is 1.86 bits per heavy atom. The predicted octanol–water partition coefficient (Wildman–Crippen LogP) is 3.29. The van der Waals surface area contributed by atoms with Gasteiger partial charge in [0.15, 0.2) is 0 Å². The van der Waals surface area contributed by atoms with Gasteiger partial charge in [0, 0.05) is 10.9 Å². The highest BCUT2D eigenvalue weighted by atomic mass is 32.2. The zero-order valence-electron chi connectivity index (χ0n) is 10.8. The fourth-order valence-electron chi connectivity index (χ4n) is 2.39. The summed E-state index contributed by atoms with van der Waals surface area (Å²) >= 11 is -0.169. The number of alkyl halides is 3. The Bertz CT molecular complexity index is 596. The molecule has 0 aromatic heterocycles. The highest BCUT2D eigenvalue weighted by Crippen LogP contribution is 2.40. The molecular formula is C13H12F3N3OS. The van der Waals surface area contributed by atoms with Crippen LogP contribution in [0.4, 0.5) is 18.0 Å². The molecule has 1 aliphatic carbocycles. The van der Waals surface area contributed by atoms with Gasteiger partial charge in [-0.15, -0.1) is 0 Å². The molecule has 21 heavy (non-hydrogen) atoms. The largest absolute Gasteiger partial charge is 0.446 e. The van der Waals surface area contributed by atoms with E-state index >= 15 is 0 Å².